The number of halogens is 2. The maximum Gasteiger partial charge on any atom is 0.308 e. The molecule has 0 saturated carbocycles. The lowest BCUT2D eigenvalue weighted by atomic mass is 9.90. The molecule has 1 N–H and O–H groups in total. The average Bonchev–Trinajstić information content (AvgIpc) is 2.37. The number of ether oxygens (including phenoxy) is 1. The van der Waals surface area contributed by atoms with E-state index in [9.17, 15) is 13.4 Å². The van der Waals surface area contributed by atoms with Crippen LogP contribution in [0, 0.1) is 5.95 Å². The lowest BCUT2D eigenvalue weighted by Gasteiger charge is -2.34. The molecule has 1 aromatic rings. The van der Waals surface area contributed by atoms with Crippen LogP contribution in [0.15, 0.2) is 16.7 Å². The first kappa shape index (κ1) is 22.2. The van der Waals surface area contributed by atoms with Gasteiger partial charge >= 0.3 is 5.97 Å². The fourth-order valence-electron chi connectivity index (χ4n) is 2.02. The number of carbonyl (C=O) groups is 1. The second-order valence-corrected chi connectivity index (χ2v) is 11.0. The van der Waals surface area contributed by atoms with Crippen LogP contribution in [-0.2, 0) is 26.1 Å². The van der Waals surface area contributed by atoms with Crippen LogP contribution in [0.3, 0.4) is 0 Å². The van der Waals surface area contributed by atoms with Crippen LogP contribution in [0.4, 0.5) is 4.39 Å². The maximum atomic E-state index is 14.4. The summed E-state index contributed by atoms with van der Waals surface area (Å²) < 4.78 is 35.2. The van der Waals surface area contributed by atoms with Gasteiger partial charge in [-0.3, -0.25) is 4.79 Å². The number of carbonyl (C=O) groups excluding carboxylic acids is 1. The van der Waals surface area contributed by atoms with Crippen LogP contribution >= 0.6 is 15.9 Å². The van der Waals surface area contributed by atoms with E-state index in [1.54, 1.807) is 48.5 Å². The number of aromatic nitrogens is 1. The van der Waals surface area contributed by atoms with E-state index in [0.29, 0.717) is 4.47 Å². The molecule has 0 amide bonds. The fourth-order valence-corrected chi connectivity index (χ4v) is 3.25. The Balaban J connectivity index is 3.28. The summed E-state index contributed by atoms with van der Waals surface area (Å²) in [6.45, 7) is 12.3. The molecule has 0 spiro atoms. The minimum Gasteiger partial charge on any atom is -0.460 e. The molecule has 1 rings (SSSR count). The highest BCUT2D eigenvalue weighted by molar-refractivity contribution is 9.10. The van der Waals surface area contributed by atoms with Crippen molar-refractivity contribution in [1.82, 2.24) is 9.71 Å². The van der Waals surface area contributed by atoms with Crippen molar-refractivity contribution >= 4 is 32.9 Å². The normalized spacial score (nSPS) is 16.2. The Morgan fingerprint density at radius 2 is 1.84 bits per heavy atom. The van der Waals surface area contributed by atoms with E-state index in [4.69, 9.17) is 4.74 Å². The average molecular weight is 437 g/mol. The number of esters is 1. The summed E-state index contributed by atoms with van der Waals surface area (Å²) in [5.74, 6) is -1.25. The van der Waals surface area contributed by atoms with E-state index >= 15 is 0 Å². The molecule has 0 saturated heterocycles. The number of hydrogen-bond donors (Lipinski definition) is 1. The third-order valence-corrected chi connectivity index (χ3v) is 5.37. The van der Waals surface area contributed by atoms with Gasteiger partial charge in [0.25, 0.3) is 0 Å². The zero-order valence-electron chi connectivity index (χ0n) is 15.7. The van der Waals surface area contributed by atoms with Gasteiger partial charge in [-0.05, 0) is 70.5 Å². The third-order valence-electron chi connectivity index (χ3n) is 3.19. The van der Waals surface area contributed by atoms with Crippen molar-refractivity contribution < 1.29 is 18.1 Å². The first-order valence-electron chi connectivity index (χ1n) is 7.87. The monoisotopic (exact) mass is 436 g/mol. The molecule has 0 aromatic carbocycles. The van der Waals surface area contributed by atoms with Gasteiger partial charge in [0.2, 0.25) is 5.95 Å². The summed E-state index contributed by atoms with van der Waals surface area (Å²) in [4.78, 5) is 16.1. The molecule has 1 aromatic heterocycles. The number of rotatable bonds is 5. The lowest BCUT2D eigenvalue weighted by molar-refractivity contribution is -0.156. The summed E-state index contributed by atoms with van der Waals surface area (Å²) >= 11 is 3.26. The molecule has 8 heteroatoms. The predicted octanol–water partition coefficient (Wildman–Crippen LogP) is 3.98. The van der Waals surface area contributed by atoms with E-state index < -0.39 is 38.8 Å². The van der Waals surface area contributed by atoms with E-state index in [1.165, 1.54) is 12.3 Å². The third kappa shape index (κ3) is 6.75. The van der Waals surface area contributed by atoms with Crippen molar-refractivity contribution in [3.05, 3.63) is 28.2 Å². The predicted molar refractivity (Wildman–Crippen MR) is 101 cm³/mol. The van der Waals surface area contributed by atoms with Crippen LogP contribution in [-0.4, -0.2) is 25.5 Å². The highest BCUT2D eigenvalue weighted by Gasteiger charge is 2.38. The van der Waals surface area contributed by atoms with E-state index in [2.05, 4.69) is 25.6 Å². The topological polar surface area (TPSA) is 68.3 Å². The highest BCUT2D eigenvalue weighted by atomic mass is 79.9. The number of hydrogen-bond acceptors (Lipinski definition) is 4. The quantitative estimate of drug-likeness (QED) is 0.559. The van der Waals surface area contributed by atoms with Gasteiger partial charge in [0.05, 0.1) is 27.7 Å². The van der Waals surface area contributed by atoms with Crippen LogP contribution in [0.1, 0.15) is 60.5 Å². The van der Waals surface area contributed by atoms with Gasteiger partial charge in [-0.1, -0.05) is 0 Å². The van der Waals surface area contributed by atoms with Crippen LogP contribution < -0.4 is 4.72 Å². The van der Waals surface area contributed by atoms with Crippen LogP contribution in [0.2, 0.25) is 0 Å². The lowest BCUT2D eigenvalue weighted by Crippen LogP contribution is -2.48. The first-order chi connectivity index (χ1) is 11.1. The fraction of sp³-hybridized carbons (Fsp3) is 0.647. The molecular formula is C17H26BrFN2O3S. The molecule has 0 radical (unpaired) electrons. The van der Waals surface area contributed by atoms with Gasteiger partial charge in [-0.25, -0.2) is 13.9 Å². The molecule has 5 nitrogen and oxygen atoms in total. The minimum absolute atomic E-state index is 0.144. The number of nitrogens with one attached hydrogen (secondary N) is 1. The molecule has 0 unspecified atom stereocenters. The molecule has 1 heterocycles. The van der Waals surface area contributed by atoms with Crippen molar-refractivity contribution in [3.63, 3.8) is 0 Å². The number of pyridine rings is 1. The Morgan fingerprint density at radius 1 is 1.28 bits per heavy atom. The Bertz CT molecular complexity index is 671. The molecule has 0 bridgehead atoms. The first-order valence-corrected chi connectivity index (χ1v) is 9.81. The van der Waals surface area contributed by atoms with Crippen molar-refractivity contribution in [2.45, 2.75) is 70.8 Å². The van der Waals surface area contributed by atoms with Gasteiger partial charge in [0.15, 0.2) is 0 Å². The Morgan fingerprint density at radius 3 is 2.32 bits per heavy atom. The molecule has 0 fully saturated rings. The summed E-state index contributed by atoms with van der Waals surface area (Å²) in [6, 6.07) is 1.53. The Labute approximate surface area is 159 Å². The van der Waals surface area contributed by atoms with E-state index in [-0.39, 0.29) is 12.0 Å². The SMILES string of the molecule is CC(C)(C)OC(=O)C[C@](C)(N[S@](=O)C(C)(C)C)c1cc(Br)cnc1F. The second kappa shape index (κ2) is 7.80. The van der Waals surface area contributed by atoms with Crippen molar-refractivity contribution in [3.8, 4) is 0 Å². The Hall–Kier alpha value is -0.860. The molecule has 25 heavy (non-hydrogen) atoms. The van der Waals surface area contributed by atoms with Gasteiger partial charge in [-0.2, -0.15) is 4.39 Å². The molecule has 2 atom stereocenters. The zero-order valence-corrected chi connectivity index (χ0v) is 18.1. The summed E-state index contributed by atoms with van der Waals surface area (Å²) in [6.07, 6.45) is 1.13. The summed E-state index contributed by atoms with van der Waals surface area (Å²) in [5, 5.41) is 0. The van der Waals surface area contributed by atoms with Gasteiger partial charge in [0.1, 0.15) is 5.60 Å². The van der Waals surface area contributed by atoms with Crippen LogP contribution in [0.5, 0.6) is 0 Å². The van der Waals surface area contributed by atoms with Crippen molar-refractivity contribution in [1.29, 1.82) is 0 Å². The molecular weight excluding hydrogens is 411 g/mol. The minimum atomic E-state index is -1.53. The van der Waals surface area contributed by atoms with Gasteiger partial charge in [0, 0.05) is 16.2 Å². The standard InChI is InChI=1S/C17H26BrFN2O3S/c1-15(2,3)24-13(22)9-17(7,21-25(23)16(4,5)6)12-8-11(18)10-20-14(12)19/h8,10,21H,9H2,1-7H3/t17-,25+/m0/s1. The number of nitrogens with zero attached hydrogens (tertiary/aromatic N) is 1. The molecule has 0 aliphatic rings. The van der Waals surface area contributed by atoms with Crippen molar-refractivity contribution in [2.75, 3.05) is 0 Å². The summed E-state index contributed by atoms with van der Waals surface area (Å²) in [5.41, 5.74) is -1.78. The Kier molecular flexibility index (Phi) is 6.92. The maximum absolute atomic E-state index is 14.4. The zero-order chi connectivity index (χ0) is 19.6. The van der Waals surface area contributed by atoms with Crippen LogP contribution in [0.25, 0.3) is 0 Å². The molecule has 0 aliphatic heterocycles. The molecule has 142 valence electrons. The second-order valence-electron chi connectivity index (χ2n) is 8.07. The highest BCUT2D eigenvalue weighted by Crippen LogP contribution is 2.31. The van der Waals surface area contributed by atoms with Crippen molar-refractivity contribution in [2.24, 2.45) is 0 Å². The largest absolute Gasteiger partial charge is 0.460 e. The van der Waals surface area contributed by atoms with Gasteiger partial charge in [-0.15, -0.1) is 0 Å². The van der Waals surface area contributed by atoms with E-state index in [1.807, 2.05) is 0 Å². The van der Waals surface area contributed by atoms with E-state index in [0.717, 1.165) is 0 Å². The smallest absolute Gasteiger partial charge is 0.308 e. The molecule has 0 aliphatic carbocycles. The summed E-state index contributed by atoms with van der Waals surface area (Å²) in [7, 11) is -1.53. The van der Waals surface area contributed by atoms with Gasteiger partial charge < -0.3 is 4.74 Å².